The summed E-state index contributed by atoms with van der Waals surface area (Å²) in [5.41, 5.74) is 2.16. The van der Waals surface area contributed by atoms with Gasteiger partial charge in [0, 0.05) is 0 Å². The molecule has 0 radical (unpaired) electrons. The van der Waals surface area contributed by atoms with Crippen LogP contribution in [0.15, 0.2) is 52.4 Å². The zero-order valence-electron chi connectivity index (χ0n) is 12.4. The summed E-state index contributed by atoms with van der Waals surface area (Å²) in [4.78, 5) is 13.5. The van der Waals surface area contributed by atoms with Crippen LogP contribution in [0.1, 0.15) is 34.6 Å². The zero-order valence-corrected chi connectivity index (χ0v) is 13.2. The van der Waals surface area contributed by atoms with Gasteiger partial charge in [0.05, 0.1) is 16.6 Å². The van der Waals surface area contributed by atoms with Gasteiger partial charge in [0.1, 0.15) is 5.56 Å². The first kappa shape index (κ1) is 14.5. The summed E-state index contributed by atoms with van der Waals surface area (Å²) in [6.07, 6.45) is 0. The molecule has 2 aromatic heterocycles. The lowest BCUT2D eigenvalue weighted by atomic mass is 10.1. The number of aromatic nitrogens is 1. The molecule has 0 aliphatic carbocycles. The summed E-state index contributed by atoms with van der Waals surface area (Å²) in [5, 5.41) is 8.90. The SMILES string of the molecule is Cc1noc(-c2cccs2)c1C(=O)NC(C)c1ccccc1. The highest BCUT2D eigenvalue weighted by atomic mass is 32.1. The molecule has 3 rings (SSSR count). The lowest BCUT2D eigenvalue weighted by Gasteiger charge is -2.14. The van der Waals surface area contributed by atoms with Crippen LogP contribution in [0.25, 0.3) is 10.6 Å². The second-order valence-corrected chi connectivity index (χ2v) is 6.00. The number of nitrogens with one attached hydrogen (secondary N) is 1. The summed E-state index contributed by atoms with van der Waals surface area (Å²) in [5.74, 6) is 0.365. The van der Waals surface area contributed by atoms with Crippen molar-refractivity contribution in [1.82, 2.24) is 10.5 Å². The van der Waals surface area contributed by atoms with Crippen LogP contribution in [0, 0.1) is 6.92 Å². The molecular weight excluding hydrogens is 296 g/mol. The Kier molecular flexibility index (Phi) is 4.06. The van der Waals surface area contributed by atoms with Gasteiger partial charge < -0.3 is 9.84 Å². The van der Waals surface area contributed by atoms with Crippen LogP contribution < -0.4 is 5.32 Å². The molecule has 0 aliphatic heterocycles. The third-order valence-electron chi connectivity index (χ3n) is 3.48. The van der Waals surface area contributed by atoms with Crippen LogP contribution in [0.2, 0.25) is 0 Å². The lowest BCUT2D eigenvalue weighted by molar-refractivity contribution is 0.0939. The van der Waals surface area contributed by atoms with E-state index in [1.165, 1.54) is 11.3 Å². The van der Waals surface area contributed by atoms with Crippen molar-refractivity contribution in [3.63, 3.8) is 0 Å². The third-order valence-corrected chi connectivity index (χ3v) is 4.35. The van der Waals surface area contributed by atoms with Gasteiger partial charge >= 0.3 is 0 Å². The first-order valence-electron chi connectivity index (χ1n) is 7.02. The van der Waals surface area contributed by atoms with Gasteiger partial charge in [-0.3, -0.25) is 4.79 Å². The lowest BCUT2D eigenvalue weighted by Crippen LogP contribution is -2.27. The number of rotatable bonds is 4. The largest absolute Gasteiger partial charge is 0.354 e. The zero-order chi connectivity index (χ0) is 15.5. The quantitative estimate of drug-likeness (QED) is 0.785. The Labute approximate surface area is 132 Å². The molecule has 0 aliphatic rings. The molecule has 4 nitrogen and oxygen atoms in total. The van der Waals surface area contributed by atoms with Crippen LogP contribution in [-0.4, -0.2) is 11.1 Å². The molecule has 0 spiro atoms. The van der Waals surface area contributed by atoms with Gasteiger partial charge in [0.15, 0.2) is 5.76 Å². The van der Waals surface area contributed by atoms with E-state index in [2.05, 4.69) is 10.5 Å². The first-order valence-corrected chi connectivity index (χ1v) is 7.90. The van der Waals surface area contributed by atoms with Crippen molar-refractivity contribution in [1.29, 1.82) is 0 Å². The van der Waals surface area contributed by atoms with Crippen molar-refractivity contribution in [3.05, 3.63) is 64.7 Å². The van der Waals surface area contributed by atoms with Gasteiger partial charge in [-0.05, 0) is 30.9 Å². The van der Waals surface area contributed by atoms with Crippen LogP contribution in [0.3, 0.4) is 0 Å². The van der Waals surface area contributed by atoms with E-state index in [-0.39, 0.29) is 11.9 Å². The highest BCUT2D eigenvalue weighted by Crippen LogP contribution is 2.30. The van der Waals surface area contributed by atoms with E-state index < -0.39 is 0 Å². The average Bonchev–Trinajstić information content (AvgIpc) is 3.17. The van der Waals surface area contributed by atoms with E-state index in [0.29, 0.717) is 17.0 Å². The normalized spacial score (nSPS) is 12.1. The van der Waals surface area contributed by atoms with Gasteiger partial charge in [-0.2, -0.15) is 0 Å². The summed E-state index contributed by atoms with van der Waals surface area (Å²) in [6.45, 7) is 3.74. The van der Waals surface area contributed by atoms with Crippen LogP contribution in [-0.2, 0) is 0 Å². The number of carbonyl (C=O) groups is 1. The Hall–Kier alpha value is -2.40. The van der Waals surface area contributed by atoms with E-state index >= 15 is 0 Å². The highest BCUT2D eigenvalue weighted by Gasteiger charge is 2.23. The van der Waals surface area contributed by atoms with Gasteiger partial charge in [0.2, 0.25) is 0 Å². The monoisotopic (exact) mass is 312 g/mol. The summed E-state index contributed by atoms with van der Waals surface area (Å²) in [7, 11) is 0. The number of amides is 1. The Bertz CT molecular complexity index is 763. The van der Waals surface area contributed by atoms with E-state index in [1.807, 2.05) is 54.8 Å². The molecule has 3 aromatic rings. The van der Waals surface area contributed by atoms with Crippen molar-refractivity contribution < 1.29 is 9.32 Å². The standard InChI is InChI=1S/C17H16N2O2S/c1-11(13-7-4-3-5-8-13)18-17(20)15-12(2)19-21-16(15)14-9-6-10-22-14/h3-11H,1-2H3,(H,18,20). The maximum absolute atomic E-state index is 12.6. The molecule has 1 amide bonds. The predicted octanol–water partition coefficient (Wildman–Crippen LogP) is 4.20. The third kappa shape index (κ3) is 2.80. The fourth-order valence-corrected chi connectivity index (χ4v) is 3.01. The maximum atomic E-state index is 12.6. The van der Waals surface area contributed by atoms with Gasteiger partial charge in [0.25, 0.3) is 5.91 Å². The minimum atomic E-state index is -0.168. The van der Waals surface area contributed by atoms with Gasteiger partial charge in [-0.25, -0.2) is 0 Å². The number of hydrogen-bond acceptors (Lipinski definition) is 4. The minimum Gasteiger partial charge on any atom is -0.354 e. The predicted molar refractivity (Wildman–Crippen MR) is 86.9 cm³/mol. The second kappa shape index (κ2) is 6.15. The number of hydrogen-bond donors (Lipinski definition) is 1. The highest BCUT2D eigenvalue weighted by molar-refractivity contribution is 7.13. The molecule has 1 N–H and O–H groups in total. The van der Waals surface area contributed by atoms with Crippen molar-refractivity contribution in [2.24, 2.45) is 0 Å². The molecule has 22 heavy (non-hydrogen) atoms. The van der Waals surface area contributed by atoms with Crippen LogP contribution in [0.4, 0.5) is 0 Å². The number of benzene rings is 1. The maximum Gasteiger partial charge on any atom is 0.257 e. The van der Waals surface area contributed by atoms with E-state index in [4.69, 9.17) is 4.52 Å². The number of nitrogens with zero attached hydrogens (tertiary/aromatic N) is 1. The number of aryl methyl sites for hydroxylation is 1. The van der Waals surface area contributed by atoms with Gasteiger partial charge in [-0.1, -0.05) is 41.6 Å². The second-order valence-electron chi connectivity index (χ2n) is 5.06. The van der Waals surface area contributed by atoms with E-state index in [1.54, 1.807) is 6.92 Å². The van der Waals surface area contributed by atoms with Gasteiger partial charge in [-0.15, -0.1) is 11.3 Å². The number of carbonyl (C=O) groups excluding carboxylic acids is 1. The average molecular weight is 312 g/mol. The number of thiophene rings is 1. The molecule has 0 saturated heterocycles. The topological polar surface area (TPSA) is 55.1 Å². The van der Waals surface area contributed by atoms with Crippen LogP contribution >= 0.6 is 11.3 Å². The smallest absolute Gasteiger partial charge is 0.257 e. The molecule has 2 heterocycles. The van der Waals surface area contributed by atoms with Crippen molar-refractivity contribution in [3.8, 4) is 10.6 Å². The minimum absolute atomic E-state index is 0.0841. The first-order chi connectivity index (χ1) is 10.7. The Morgan fingerprint density at radius 3 is 2.68 bits per heavy atom. The molecule has 5 heteroatoms. The van der Waals surface area contributed by atoms with E-state index in [0.717, 1.165) is 10.4 Å². The molecule has 0 bridgehead atoms. The summed E-state index contributed by atoms with van der Waals surface area (Å²) < 4.78 is 5.35. The molecule has 112 valence electrons. The van der Waals surface area contributed by atoms with Crippen LogP contribution in [0.5, 0.6) is 0 Å². The Balaban J connectivity index is 1.86. The summed E-state index contributed by atoms with van der Waals surface area (Å²) >= 11 is 1.52. The van der Waals surface area contributed by atoms with Crippen molar-refractivity contribution in [2.45, 2.75) is 19.9 Å². The molecular formula is C17H16N2O2S. The molecule has 0 fully saturated rings. The van der Waals surface area contributed by atoms with E-state index in [9.17, 15) is 4.79 Å². The molecule has 1 unspecified atom stereocenters. The Morgan fingerprint density at radius 1 is 1.23 bits per heavy atom. The van der Waals surface area contributed by atoms with Crippen molar-refractivity contribution >= 4 is 17.2 Å². The fourth-order valence-electron chi connectivity index (χ4n) is 2.31. The van der Waals surface area contributed by atoms with Crippen molar-refractivity contribution in [2.75, 3.05) is 0 Å². The Morgan fingerprint density at radius 2 is 2.00 bits per heavy atom. The molecule has 1 atom stereocenters. The molecule has 0 saturated carbocycles. The fraction of sp³-hybridized carbons (Fsp3) is 0.176. The molecule has 1 aromatic carbocycles. The summed E-state index contributed by atoms with van der Waals surface area (Å²) in [6, 6.07) is 13.6.